The van der Waals surface area contributed by atoms with Crippen LogP contribution in [0.4, 0.5) is 0 Å². The second-order valence-corrected chi connectivity index (χ2v) is 7.05. The van der Waals surface area contributed by atoms with Crippen molar-refractivity contribution in [1.82, 2.24) is 19.9 Å². The highest BCUT2D eigenvalue weighted by Gasteiger charge is 2.14. The van der Waals surface area contributed by atoms with Gasteiger partial charge in [0.25, 0.3) is 0 Å². The summed E-state index contributed by atoms with van der Waals surface area (Å²) in [4.78, 5) is 16.8. The molecule has 1 N–H and O–H groups in total. The van der Waals surface area contributed by atoms with Crippen molar-refractivity contribution in [1.29, 1.82) is 0 Å². The molecule has 25 heavy (non-hydrogen) atoms. The Morgan fingerprint density at radius 1 is 1.24 bits per heavy atom. The first kappa shape index (κ1) is 17.4. The third-order valence-corrected chi connectivity index (χ3v) is 4.66. The molecule has 2 heterocycles. The fourth-order valence-corrected chi connectivity index (χ4v) is 3.17. The molecule has 0 aliphatic carbocycles. The number of nitrogens with one attached hydrogen (secondary N) is 1. The number of benzene rings is 1. The van der Waals surface area contributed by atoms with Crippen molar-refractivity contribution >= 4 is 22.5 Å². The molecule has 3 aromatic rings. The summed E-state index contributed by atoms with van der Waals surface area (Å²) < 4.78 is 1.91. The third-order valence-electron chi connectivity index (χ3n) is 4.66. The van der Waals surface area contributed by atoms with Crippen LogP contribution < -0.4 is 5.32 Å². The molecule has 0 saturated carbocycles. The monoisotopic (exact) mass is 338 g/mol. The summed E-state index contributed by atoms with van der Waals surface area (Å²) in [6.45, 7) is 9.14. The van der Waals surface area contributed by atoms with Crippen molar-refractivity contribution in [3.63, 3.8) is 0 Å². The van der Waals surface area contributed by atoms with Crippen LogP contribution in [0.15, 0.2) is 24.3 Å². The highest BCUT2D eigenvalue weighted by Crippen LogP contribution is 2.22. The lowest BCUT2D eigenvalue weighted by Crippen LogP contribution is -2.25. The number of aryl methyl sites for hydroxylation is 2. The minimum atomic E-state index is 0.102. The van der Waals surface area contributed by atoms with Gasteiger partial charge in [-0.15, -0.1) is 0 Å². The summed E-state index contributed by atoms with van der Waals surface area (Å²) >= 11 is 0. The summed E-state index contributed by atoms with van der Waals surface area (Å²) in [6.07, 6.45) is 2.18. The Labute approximate surface area is 148 Å². The quantitative estimate of drug-likeness (QED) is 0.747. The topological polar surface area (TPSA) is 59.3 Å². The lowest BCUT2D eigenvalue weighted by atomic mass is 10.1. The van der Waals surface area contributed by atoms with E-state index in [0.29, 0.717) is 18.8 Å². The van der Waals surface area contributed by atoms with Crippen LogP contribution in [0.25, 0.3) is 16.6 Å². The highest BCUT2D eigenvalue weighted by molar-refractivity contribution is 5.92. The lowest BCUT2D eigenvalue weighted by Gasteiger charge is -2.11. The zero-order valence-electron chi connectivity index (χ0n) is 15.5. The molecule has 0 aliphatic heterocycles. The number of carbonyl (C=O) groups excluding carboxylic acids is 1. The molecule has 0 atom stereocenters. The molecule has 1 aromatic carbocycles. The van der Waals surface area contributed by atoms with Crippen LogP contribution in [-0.2, 0) is 11.2 Å². The molecule has 132 valence electrons. The average molecular weight is 338 g/mol. The molecule has 0 spiro atoms. The minimum absolute atomic E-state index is 0.102. The molecule has 0 saturated heterocycles. The maximum atomic E-state index is 12.1. The standard InChI is InChI=1S/C20H26N4O/c1-13(2)11-12-21-19(25)10-9-16-14(3)22-20-17-7-5-6-8-18(17)23-24(20)15(16)4/h5-8,13H,9-12H2,1-4H3,(H,21,25). The summed E-state index contributed by atoms with van der Waals surface area (Å²) in [5, 5.41) is 8.73. The molecule has 2 aromatic heterocycles. The SMILES string of the molecule is Cc1nc2c3ccccc3nn2c(C)c1CCC(=O)NCCC(C)C. The molecule has 0 aliphatic rings. The van der Waals surface area contributed by atoms with Gasteiger partial charge in [0.15, 0.2) is 5.65 Å². The third kappa shape index (κ3) is 3.65. The van der Waals surface area contributed by atoms with E-state index in [-0.39, 0.29) is 5.91 Å². The second-order valence-electron chi connectivity index (χ2n) is 7.05. The van der Waals surface area contributed by atoms with Gasteiger partial charge in [-0.05, 0) is 50.3 Å². The second kappa shape index (κ2) is 7.21. The van der Waals surface area contributed by atoms with E-state index in [1.807, 2.05) is 35.7 Å². The Kier molecular flexibility index (Phi) is 5.02. The van der Waals surface area contributed by atoms with Gasteiger partial charge in [0, 0.05) is 29.7 Å². The van der Waals surface area contributed by atoms with Crippen LogP contribution in [0, 0.1) is 19.8 Å². The molecule has 1 amide bonds. The van der Waals surface area contributed by atoms with Gasteiger partial charge >= 0.3 is 0 Å². The number of hydrogen-bond donors (Lipinski definition) is 1. The molecular formula is C20H26N4O. The van der Waals surface area contributed by atoms with Gasteiger partial charge in [-0.3, -0.25) is 4.79 Å². The summed E-state index contributed by atoms with van der Waals surface area (Å²) in [5.74, 6) is 0.704. The first-order valence-electron chi connectivity index (χ1n) is 8.97. The number of hydrogen-bond acceptors (Lipinski definition) is 3. The molecule has 3 rings (SSSR count). The van der Waals surface area contributed by atoms with E-state index >= 15 is 0 Å². The molecule has 5 nitrogen and oxygen atoms in total. The molecule has 0 fully saturated rings. The fraction of sp³-hybridized carbons (Fsp3) is 0.450. The van der Waals surface area contributed by atoms with Crippen molar-refractivity contribution < 1.29 is 4.79 Å². The van der Waals surface area contributed by atoms with Gasteiger partial charge in [-0.25, -0.2) is 9.50 Å². The van der Waals surface area contributed by atoms with E-state index in [2.05, 4.69) is 31.2 Å². The minimum Gasteiger partial charge on any atom is -0.356 e. The summed E-state index contributed by atoms with van der Waals surface area (Å²) in [7, 11) is 0. The molecular weight excluding hydrogens is 312 g/mol. The van der Waals surface area contributed by atoms with E-state index in [4.69, 9.17) is 4.98 Å². The van der Waals surface area contributed by atoms with Crippen LogP contribution in [0.2, 0.25) is 0 Å². The van der Waals surface area contributed by atoms with Crippen molar-refractivity contribution in [3.05, 3.63) is 41.2 Å². The maximum Gasteiger partial charge on any atom is 0.220 e. The van der Waals surface area contributed by atoms with E-state index in [0.717, 1.165) is 46.5 Å². The molecule has 0 unspecified atom stereocenters. The fourth-order valence-electron chi connectivity index (χ4n) is 3.17. The lowest BCUT2D eigenvalue weighted by molar-refractivity contribution is -0.121. The molecule has 0 bridgehead atoms. The van der Waals surface area contributed by atoms with E-state index in [9.17, 15) is 4.79 Å². The van der Waals surface area contributed by atoms with Gasteiger partial charge in [-0.2, -0.15) is 5.10 Å². The van der Waals surface area contributed by atoms with Gasteiger partial charge < -0.3 is 5.32 Å². The summed E-state index contributed by atoms with van der Waals surface area (Å²) in [6, 6.07) is 8.04. The Morgan fingerprint density at radius 3 is 2.76 bits per heavy atom. The van der Waals surface area contributed by atoms with Gasteiger partial charge in [-0.1, -0.05) is 26.0 Å². The van der Waals surface area contributed by atoms with Crippen LogP contribution in [0.3, 0.4) is 0 Å². The number of aromatic nitrogens is 3. The first-order chi connectivity index (χ1) is 12.0. The number of amides is 1. The Bertz CT molecular complexity index is 911. The Hall–Kier alpha value is -2.43. The number of nitrogens with zero attached hydrogens (tertiary/aromatic N) is 3. The van der Waals surface area contributed by atoms with Crippen LogP contribution in [-0.4, -0.2) is 27.0 Å². The van der Waals surface area contributed by atoms with Crippen molar-refractivity contribution in [2.24, 2.45) is 5.92 Å². The smallest absolute Gasteiger partial charge is 0.220 e. The van der Waals surface area contributed by atoms with Crippen LogP contribution in [0.1, 0.15) is 43.6 Å². The van der Waals surface area contributed by atoms with Gasteiger partial charge in [0.05, 0.1) is 5.52 Å². The predicted octanol–water partition coefficient (Wildman–Crippen LogP) is 3.59. The Balaban J connectivity index is 1.80. The maximum absolute atomic E-state index is 12.1. The summed E-state index contributed by atoms with van der Waals surface area (Å²) in [5.41, 5.74) is 4.98. The zero-order chi connectivity index (χ0) is 18.0. The highest BCUT2D eigenvalue weighted by atomic mass is 16.1. The van der Waals surface area contributed by atoms with Crippen molar-refractivity contribution in [2.45, 2.75) is 47.0 Å². The van der Waals surface area contributed by atoms with Crippen molar-refractivity contribution in [2.75, 3.05) is 6.54 Å². The molecule has 0 radical (unpaired) electrons. The van der Waals surface area contributed by atoms with E-state index in [1.54, 1.807) is 0 Å². The van der Waals surface area contributed by atoms with Crippen LogP contribution in [0.5, 0.6) is 0 Å². The number of carbonyl (C=O) groups is 1. The van der Waals surface area contributed by atoms with Gasteiger partial charge in [0.1, 0.15) is 0 Å². The van der Waals surface area contributed by atoms with Gasteiger partial charge in [0.2, 0.25) is 5.91 Å². The van der Waals surface area contributed by atoms with E-state index < -0.39 is 0 Å². The largest absolute Gasteiger partial charge is 0.356 e. The number of rotatable bonds is 6. The van der Waals surface area contributed by atoms with E-state index in [1.165, 1.54) is 0 Å². The predicted molar refractivity (Wildman–Crippen MR) is 101 cm³/mol. The normalized spacial score (nSPS) is 11.6. The average Bonchev–Trinajstić information content (AvgIpc) is 2.93. The van der Waals surface area contributed by atoms with Crippen LogP contribution >= 0.6 is 0 Å². The molecule has 5 heteroatoms. The zero-order valence-corrected chi connectivity index (χ0v) is 15.5. The van der Waals surface area contributed by atoms with Crippen molar-refractivity contribution in [3.8, 4) is 0 Å². The number of fused-ring (bicyclic) bond motifs is 3. The first-order valence-corrected chi connectivity index (χ1v) is 8.97. The Morgan fingerprint density at radius 2 is 2.00 bits per heavy atom.